The smallest absolute Gasteiger partial charge is 0.197 e. The number of nitrogens with zero attached hydrogens (tertiary/aromatic N) is 2. The molecule has 2 rings (SSSR count). The van der Waals surface area contributed by atoms with Crippen LogP contribution in [0.5, 0.6) is 5.75 Å². The first-order chi connectivity index (χ1) is 13.3. The largest absolute Gasteiger partial charge is 0.497 e. The third-order valence-electron chi connectivity index (χ3n) is 3.96. The Morgan fingerprint density at radius 1 is 1.29 bits per heavy atom. The van der Waals surface area contributed by atoms with Crippen LogP contribution in [-0.4, -0.2) is 21.7 Å². The van der Waals surface area contributed by atoms with Crippen molar-refractivity contribution in [3.63, 3.8) is 0 Å². The minimum Gasteiger partial charge on any atom is -0.497 e. The van der Waals surface area contributed by atoms with Crippen LogP contribution in [-0.2, 0) is 16.3 Å². The average molecular weight is 435 g/mol. The van der Waals surface area contributed by atoms with E-state index in [1.54, 1.807) is 42.1 Å². The summed E-state index contributed by atoms with van der Waals surface area (Å²) in [6, 6.07) is 7.62. The van der Waals surface area contributed by atoms with Crippen molar-refractivity contribution in [2.24, 2.45) is 0 Å². The van der Waals surface area contributed by atoms with Crippen LogP contribution in [0.1, 0.15) is 12.5 Å². The lowest BCUT2D eigenvalue weighted by Crippen LogP contribution is -2.32. The van der Waals surface area contributed by atoms with Crippen molar-refractivity contribution in [1.29, 1.82) is 0 Å². The molecule has 0 aliphatic carbocycles. The molecular formula is C21H23ClN2O2S2. The number of benzene rings is 1. The zero-order valence-corrected chi connectivity index (χ0v) is 18.3. The lowest BCUT2D eigenvalue weighted by molar-refractivity contribution is 0.414. The highest BCUT2D eigenvalue weighted by Gasteiger charge is 2.23. The second-order valence-electron chi connectivity index (χ2n) is 5.73. The molecule has 0 radical (unpaired) electrons. The van der Waals surface area contributed by atoms with Crippen LogP contribution < -0.4 is 9.04 Å². The molecule has 1 unspecified atom stereocenters. The number of allylic oxidation sites excluding steroid dienone is 4. The number of aromatic nitrogens is 1. The highest BCUT2D eigenvalue weighted by molar-refractivity contribution is 8.06. The van der Waals surface area contributed by atoms with Gasteiger partial charge in [-0.25, -0.2) is 9.19 Å². The third-order valence-corrected chi connectivity index (χ3v) is 7.60. The van der Waals surface area contributed by atoms with Crippen LogP contribution in [0.25, 0.3) is 0 Å². The molecule has 7 heteroatoms. The number of halogens is 1. The number of hydrogen-bond acceptors (Lipinski definition) is 4. The zero-order valence-electron chi connectivity index (χ0n) is 15.9. The summed E-state index contributed by atoms with van der Waals surface area (Å²) in [4.78, 5) is 4.80. The van der Waals surface area contributed by atoms with Gasteiger partial charge in [-0.3, -0.25) is 4.31 Å². The first kappa shape index (κ1) is 22.0. The van der Waals surface area contributed by atoms with Crippen LogP contribution in [0.3, 0.4) is 0 Å². The SMILES string of the molecule is C=C(Cl)C(=C)C=CC(=C)S(=O)(=CC)N(Cc1ccc(OC)cc1)c1nccs1. The minimum atomic E-state index is -2.77. The topological polar surface area (TPSA) is 42.4 Å². The second-order valence-corrected chi connectivity index (χ2v) is 9.64. The predicted octanol–water partition coefficient (Wildman–Crippen LogP) is 5.56. The maximum atomic E-state index is 13.9. The molecule has 0 amide bonds. The number of anilines is 1. The quantitative estimate of drug-likeness (QED) is 0.383. The fourth-order valence-electron chi connectivity index (χ4n) is 2.32. The Kier molecular flexibility index (Phi) is 7.69. The Morgan fingerprint density at radius 3 is 2.46 bits per heavy atom. The van der Waals surface area contributed by atoms with Gasteiger partial charge in [-0.05, 0) is 41.6 Å². The van der Waals surface area contributed by atoms with Gasteiger partial charge in [-0.15, -0.1) is 11.3 Å². The Bertz CT molecular complexity index is 1000. The summed E-state index contributed by atoms with van der Waals surface area (Å²) in [7, 11) is -1.15. The molecule has 0 N–H and O–H groups in total. The van der Waals surface area contributed by atoms with Crippen LogP contribution >= 0.6 is 22.9 Å². The molecule has 0 spiro atoms. The molecule has 0 aliphatic heterocycles. The van der Waals surface area contributed by atoms with E-state index in [0.29, 0.717) is 27.2 Å². The number of hydrogen-bond donors (Lipinski definition) is 0. The van der Waals surface area contributed by atoms with Gasteiger partial charge >= 0.3 is 0 Å². The van der Waals surface area contributed by atoms with E-state index in [4.69, 9.17) is 16.3 Å². The van der Waals surface area contributed by atoms with E-state index >= 15 is 0 Å². The van der Waals surface area contributed by atoms with Crippen molar-refractivity contribution in [3.05, 3.63) is 88.8 Å². The lowest BCUT2D eigenvalue weighted by atomic mass is 10.2. The van der Waals surface area contributed by atoms with Gasteiger partial charge in [0.05, 0.1) is 23.4 Å². The highest BCUT2D eigenvalue weighted by atomic mass is 35.5. The molecule has 1 heterocycles. The summed E-state index contributed by atoms with van der Waals surface area (Å²) < 4.78 is 20.9. The van der Waals surface area contributed by atoms with Crippen LogP contribution in [0, 0.1) is 0 Å². The normalized spacial score (nSPS) is 13.0. The van der Waals surface area contributed by atoms with Gasteiger partial charge < -0.3 is 4.74 Å². The molecule has 0 saturated carbocycles. The van der Waals surface area contributed by atoms with Gasteiger partial charge in [-0.2, -0.15) is 0 Å². The number of rotatable bonds is 9. The molecule has 148 valence electrons. The monoisotopic (exact) mass is 434 g/mol. The van der Waals surface area contributed by atoms with E-state index < -0.39 is 9.71 Å². The molecule has 1 atom stereocenters. The first-order valence-corrected chi connectivity index (χ1v) is 11.2. The molecule has 2 aromatic rings. The number of ether oxygens (including phenoxy) is 1. The molecule has 0 fully saturated rings. The van der Waals surface area contributed by atoms with Crippen molar-refractivity contribution >= 4 is 43.1 Å². The number of methoxy groups -OCH3 is 1. The molecule has 0 aliphatic rings. The number of thiazole rings is 1. The van der Waals surface area contributed by atoms with Crippen LogP contribution in [0.4, 0.5) is 5.13 Å². The summed E-state index contributed by atoms with van der Waals surface area (Å²) in [5, 5.41) is 4.48. The van der Waals surface area contributed by atoms with E-state index in [9.17, 15) is 4.21 Å². The van der Waals surface area contributed by atoms with E-state index in [-0.39, 0.29) is 0 Å². The Labute approximate surface area is 176 Å². The van der Waals surface area contributed by atoms with Gasteiger partial charge in [0.25, 0.3) is 0 Å². The fraction of sp³-hybridized carbons (Fsp3) is 0.143. The second kappa shape index (κ2) is 9.78. The molecule has 28 heavy (non-hydrogen) atoms. The van der Waals surface area contributed by atoms with Crippen LogP contribution in [0.15, 0.2) is 83.2 Å². The van der Waals surface area contributed by atoms with Crippen molar-refractivity contribution in [3.8, 4) is 5.75 Å². The highest BCUT2D eigenvalue weighted by Crippen LogP contribution is 2.28. The molecule has 0 saturated heterocycles. The van der Waals surface area contributed by atoms with Crippen LogP contribution in [0.2, 0.25) is 0 Å². The van der Waals surface area contributed by atoms with Crippen molar-refractivity contribution in [2.45, 2.75) is 13.5 Å². The van der Waals surface area contributed by atoms with Gasteiger partial charge in [-0.1, -0.05) is 49.5 Å². The third kappa shape index (κ3) is 5.16. The van der Waals surface area contributed by atoms with Gasteiger partial charge in [0.1, 0.15) is 5.75 Å². The van der Waals surface area contributed by atoms with Gasteiger partial charge in [0.2, 0.25) is 0 Å². The van der Waals surface area contributed by atoms with Gasteiger partial charge in [0.15, 0.2) is 5.13 Å². The maximum absolute atomic E-state index is 13.9. The molecule has 1 aromatic heterocycles. The van der Waals surface area contributed by atoms with E-state index in [1.165, 1.54) is 11.3 Å². The summed E-state index contributed by atoms with van der Waals surface area (Å²) in [6.07, 6.45) is 5.01. The van der Waals surface area contributed by atoms with Gasteiger partial charge in [0, 0.05) is 21.5 Å². The molecule has 0 bridgehead atoms. The first-order valence-electron chi connectivity index (χ1n) is 8.36. The molecule has 1 aromatic carbocycles. The summed E-state index contributed by atoms with van der Waals surface area (Å²) in [6.45, 7) is 13.6. The summed E-state index contributed by atoms with van der Waals surface area (Å²) in [5.74, 6) is 0.763. The summed E-state index contributed by atoms with van der Waals surface area (Å²) in [5.41, 5.74) is 1.51. The zero-order chi connectivity index (χ0) is 20.7. The lowest BCUT2D eigenvalue weighted by Gasteiger charge is -2.27. The Balaban J connectivity index is 2.42. The van der Waals surface area contributed by atoms with E-state index in [1.807, 2.05) is 29.6 Å². The van der Waals surface area contributed by atoms with Crippen molar-refractivity contribution in [1.82, 2.24) is 4.98 Å². The van der Waals surface area contributed by atoms with E-state index in [2.05, 4.69) is 24.7 Å². The maximum Gasteiger partial charge on any atom is 0.197 e. The fourth-order valence-corrected chi connectivity index (χ4v) is 5.11. The summed E-state index contributed by atoms with van der Waals surface area (Å²) >= 11 is 7.27. The standard InChI is InChI=1S/C21H23ClN2O2S2/c1-6-28(25,17(3)8-7-16(2)18(4)22)24(21-23-13-14-27-21)15-19-9-11-20(26-5)12-10-19/h6-14H,2-4,15H2,1,5H3. The van der Waals surface area contributed by atoms with Crippen molar-refractivity contribution in [2.75, 3.05) is 11.4 Å². The predicted molar refractivity (Wildman–Crippen MR) is 124 cm³/mol. The molecular weight excluding hydrogens is 412 g/mol. The average Bonchev–Trinajstić information content (AvgIpc) is 3.24. The minimum absolute atomic E-state index is 0.325. The van der Waals surface area contributed by atoms with E-state index in [0.717, 1.165) is 11.3 Å². The Hall–Kier alpha value is -2.28. The van der Waals surface area contributed by atoms with Crippen molar-refractivity contribution < 1.29 is 8.95 Å². The Morgan fingerprint density at radius 2 is 1.96 bits per heavy atom. The molecule has 4 nitrogen and oxygen atoms in total.